The van der Waals surface area contributed by atoms with Crippen LogP contribution in [0, 0.1) is 6.92 Å². The SMILES string of the molecule is CC[C@H](C)c1ccc(NC(=O)CSc2nnc(-c3ccc(C(C)(C)C)cc3)n2-c2ccc(C)cc2)cc1. The number of aromatic nitrogens is 3. The van der Waals surface area contributed by atoms with E-state index in [0.717, 1.165) is 29.2 Å². The lowest BCUT2D eigenvalue weighted by molar-refractivity contribution is -0.113. The molecular weight excluding hydrogens is 476 g/mol. The molecule has 0 radical (unpaired) electrons. The normalized spacial score (nSPS) is 12.4. The van der Waals surface area contributed by atoms with E-state index in [-0.39, 0.29) is 17.1 Å². The van der Waals surface area contributed by atoms with E-state index in [1.165, 1.54) is 28.5 Å². The highest BCUT2D eigenvalue weighted by Crippen LogP contribution is 2.30. The molecule has 0 spiro atoms. The van der Waals surface area contributed by atoms with Gasteiger partial charge in [-0.3, -0.25) is 9.36 Å². The minimum atomic E-state index is -0.0733. The van der Waals surface area contributed by atoms with Crippen LogP contribution in [0.3, 0.4) is 0 Å². The van der Waals surface area contributed by atoms with Gasteiger partial charge in [-0.15, -0.1) is 10.2 Å². The van der Waals surface area contributed by atoms with Crippen molar-refractivity contribution >= 4 is 23.4 Å². The molecule has 1 aromatic heterocycles. The summed E-state index contributed by atoms with van der Waals surface area (Å²) in [7, 11) is 0. The van der Waals surface area contributed by atoms with Crippen molar-refractivity contribution in [2.24, 2.45) is 0 Å². The van der Waals surface area contributed by atoms with Gasteiger partial charge >= 0.3 is 0 Å². The number of nitrogens with one attached hydrogen (secondary N) is 1. The van der Waals surface area contributed by atoms with E-state index < -0.39 is 0 Å². The number of carbonyl (C=O) groups excluding carboxylic acids is 1. The molecule has 1 N–H and O–H groups in total. The number of rotatable bonds is 8. The van der Waals surface area contributed by atoms with Gasteiger partial charge in [-0.05, 0) is 60.1 Å². The van der Waals surface area contributed by atoms with Crippen LogP contribution in [0.5, 0.6) is 0 Å². The van der Waals surface area contributed by atoms with Gasteiger partial charge in [0.1, 0.15) is 0 Å². The minimum Gasteiger partial charge on any atom is -0.325 e. The Bertz CT molecular complexity index is 1330. The van der Waals surface area contributed by atoms with Crippen molar-refractivity contribution in [1.82, 2.24) is 14.8 Å². The molecule has 0 aliphatic rings. The Morgan fingerprint density at radius 1 is 0.946 bits per heavy atom. The Hall–Kier alpha value is -3.38. The van der Waals surface area contributed by atoms with Gasteiger partial charge in [0, 0.05) is 16.9 Å². The van der Waals surface area contributed by atoms with E-state index in [1.54, 1.807) is 0 Å². The first-order valence-electron chi connectivity index (χ1n) is 12.8. The molecule has 4 aromatic rings. The van der Waals surface area contributed by atoms with Gasteiger partial charge in [-0.25, -0.2) is 0 Å². The maximum Gasteiger partial charge on any atom is 0.234 e. The highest BCUT2D eigenvalue weighted by atomic mass is 32.2. The van der Waals surface area contributed by atoms with Crippen molar-refractivity contribution in [3.8, 4) is 17.1 Å². The fourth-order valence-corrected chi connectivity index (χ4v) is 4.81. The first-order valence-corrected chi connectivity index (χ1v) is 13.8. The van der Waals surface area contributed by atoms with E-state index in [9.17, 15) is 4.79 Å². The van der Waals surface area contributed by atoms with Gasteiger partial charge in [0.05, 0.1) is 5.75 Å². The molecule has 4 rings (SSSR count). The van der Waals surface area contributed by atoms with Crippen LogP contribution in [0.25, 0.3) is 17.1 Å². The quantitative estimate of drug-likeness (QED) is 0.245. The second-order valence-corrected chi connectivity index (χ2v) is 11.5. The van der Waals surface area contributed by atoms with Crippen molar-refractivity contribution < 1.29 is 4.79 Å². The Balaban J connectivity index is 1.55. The second-order valence-electron chi connectivity index (χ2n) is 10.6. The number of nitrogens with zero attached hydrogens (tertiary/aromatic N) is 3. The summed E-state index contributed by atoms with van der Waals surface area (Å²) < 4.78 is 2.03. The molecule has 1 amide bonds. The number of carbonyl (C=O) groups is 1. The number of thioether (sulfide) groups is 1. The van der Waals surface area contributed by atoms with Crippen LogP contribution < -0.4 is 5.32 Å². The molecule has 5 nitrogen and oxygen atoms in total. The standard InChI is InChI=1S/C31H36N4OS/c1-7-22(3)23-12-16-26(17-13-23)32-28(36)20-37-30-34-33-29(35(30)27-18-8-21(2)9-19-27)24-10-14-25(15-11-24)31(4,5)6/h8-19,22H,7,20H2,1-6H3,(H,32,36)/t22-/m0/s1. The molecule has 1 heterocycles. The maximum atomic E-state index is 12.8. The number of benzene rings is 3. The molecule has 37 heavy (non-hydrogen) atoms. The summed E-state index contributed by atoms with van der Waals surface area (Å²) in [6.45, 7) is 13.1. The highest BCUT2D eigenvalue weighted by molar-refractivity contribution is 7.99. The average Bonchev–Trinajstić information content (AvgIpc) is 3.31. The lowest BCUT2D eigenvalue weighted by Crippen LogP contribution is -2.14. The van der Waals surface area contributed by atoms with Gasteiger partial charge in [0.15, 0.2) is 11.0 Å². The van der Waals surface area contributed by atoms with Gasteiger partial charge in [-0.1, -0.05) is 100 Å². The Morgan fingerprint density at radius 2 is 1.59 bits per heavy atom. The Kier molecular flexibility index (Phi) is 8.18. The van der Waals surface area contributed by atoms with Crippen LogP contribution in [0.1, 0.15) is 63.6 Å². The summed E-state index contributed by atoms with van der Waals surface area (Å²) in [5.41, 5.74) is 6.56. The predicted molar refractivity (Wildman–Crippen MR) is 155 cm³/mol. The summed E-state index contributed by atoms with van der Waals surface area (Å²) in [5.74, 6) is 1.43. The molecule has 0 fully saturated rings. The van der Waals surface area contributed by atoms with Crippen LogP contribution in [-0.4, -0.2) is 26.4 Å². The third-order valence-corrected chi connectivity index (χ3v) is 7.57. The zero-order valence-electron chi connectivity index (χ0n) is 22.6. The number of hydrogen-bond acceptors (Lipinski definition) is 4. The summed E-state index contributed by atoms with van der Waals surface area (Å²) in [6, 6.07) is 24.9. The van der Waals surface area contributed by atoms with Gasteiger partial charge < -0.3 is 5.32 Å². The summed E-state index contributed by atoms with van der Waals surface area (Å²) in [4.78, 5) is 12.8. The van der Waals surface area contributed by atoms with Gasteiger partial charge in [-0.2, -0.15) is 0 Å². The van der Waals surface area contributed by atoms with Crippen LogP contribution in [0.4, 0.5) is 5.69 Å². The lowest BCUT2D eigenvalue weighted by Gasteiger charge is -2.19. The smallest absolute Gasteiger partial charge is 0.234 e. The molecule has 3 aromatic carbocycles. The van der Waals surface area contributed by atoms with Gasteiger partial charge in [0.2, 0.25) is 5.91 Å². The molecule has 0 saturated carbocycles. The van der Waals surface area contributed by atoms with E-state index in [2.05, 4.69) is 118 Å². The Morgan fingerprint density at radius 3 is 2.19 bits per heavy atom. The van der Waals surface area contributed by atoms with Crippen molar-refractivity contribution in [3.05, 3.63) is 89.5 Å². The number of hydrogen-bond donors (Lipinski definition) is 1. The first kappa shape index (κ1) is 26.7. The molecule has 1 atom stereocenters. The Labute approximate surface area is 224 Å². The maximum absolute atomic E-state index is 12.8. The van der Waals surface area contributed by atoms with Crippen LogP contribution >= 0.6 is 11.8 Å². The molecule has 0 unspecified atom stereocenters. The van der Waals surface area contributed by atoms with Gasteiger partial charge in [0.25, 0.3) is 0 Å². The van der Waals surface area contributed by atoms with E-state index in [0.29, 0.717) is 11.1 Å². The number of aryl methyl sites for hydroxylation is 1. The zero-order chi connectivity index (χ0) is 26.6. The topological polar surface area (TPSA) is 59.8 Å². The number of amides is 1. The van der Waals surface area contributed by atoms with E-state index >= 15 is 0 Å². The fraction of sp³-hybridized carbons (Fsp3) is 0.323. The molecule has 0 aliphatic heterocycles. The molecule has 0 bridgehead atoms. The van der Waals surface area contributed by atoms with E-state index in [4.69, 9.17) is 0 Å². The molecule has 6 heteroatoms. The average molecular weight is 513 g/mol. The third-order valence-electron chi connectivity index (χ3n) is 6.64. The highest BCUT2D eigenvalue weighted by Gasteiger charge is 2.19. The third kappa shape index (κ3) is 6.50. The molecule has 0 aliphatic carbocycles. The lowest BCUT2D eigenvalue weighted by atomic mass is 9.87. The van der Waals surface area contributed by atoms with Crippen LogP contribution in [0.15, 0.2) is 78.0 Å². The van der Waals surface area contributed by atoms with Crippen molar-refractivity contribution in [2.45, 2.75) is 64.5 Å². The first-order chi connectivity index (χ1) is 17.7. The minimum absolute atomic E-state index is 0.0733. The van der Waals surface area contributed by atoms with Crippen molar-refractivity contribution in [2.75, 3.05) is 11.1 Å². The molecule has 192 valence electrons. The van der Waals surface area contributed by atoms with Crippen molar-refractivity contribution in [3.63, 3.8) is 0 Å². The monoisotopic (exact) mass is 512 g/mol. The van der Waals surface area contributed by atoms with E-state index in [1.807, 2.05) is 16.7 Å². The largest absolute Gasteiger partial charge is 0.325 e. The predicted octanol–water partition coefficient (Wildman–Crippen LogP) is 7.78. The fourth-order valence-electron chi connectivity index (χ4n) is 4.05. The zero-order valence-corrected chi connectivity index (χ0v) is 23.4. The number of anilines is 1. The molecular formula is C31H36N4OS. The van der Waals surface area contributed by atoms with Crippen molar-refractivity contribution in [1.29, 1.82) is 0 Å². The second kappa shape index (κ2) is 11.3. The summed E-state index contributed by atoms with van der Waals surface area (Å²) in [5, 5.41) is 12.7. The van der Waals surface area contributed by atoms with Crippen LogP contribution in [0.2, 0.25) is 0 Å². The summed E-state index contributed by atoms with van der Waals surface area (Å²) in [6.07, 6.45) is 1.09. The van der Waals surface area contributed by atoms with Crippen LogP contribution in [-0.2, 0) is 10.2 Å². The molecule has 0 saturated heterocycles. The summed E-state index contributed by atoms with van der Waals surface area (Å²) >= 11 is 1.39.